The Morgan fingerprint density at radius 2 is 1.83 bits per heavy atom. The van der Waals surface area contributed by atoms with Gasteiger partial charge >= 0.3 is 0 Å². The zero-order valence-corrected chi connectivity index (χ0v) is 13.7. The van der Waals surface area contributed by atoms with Crippen molar-refractivity contribution in [1.82, 2.24) is 4.90 Å². The molecule has 1 heterocycles. The monoisotopic (exact) mass is 344 g/mol. The number of anilines is 1. The van der Waals surface area contributed by atoms with Gasteiger partial charge in [0, 0.05) is 30.2 Å². The molecule has 2 aromatic carbocycles. The highest BCUT2D eigenvalue weighted by Crippen LogP contribution is 2.23. The Labute approximate surface area is 144 Å². The van der Waals surface area contributed by atoms with Crippen molar-refractivity contribution in [2.45, 2.75) is 13.0 Å². The molecule has 1 saturated heterocycles. The van der Waals surface area contributed by atoms with Crippen LogP contribution in [0.25, 0.3) is 0 Å². The van der Waals surface area contributed by atoms with Gasteiger partial charge in [0.05, 0.1) is 5.92 Å². The molecule has 5 nitrogen and oxygen atoms in total. The molecular weight excluding hydrogens is 328 g/mol. The first-order chi connectivity index (χ1) is 11.5. The number of phenols is 1. The molecule has 0 saturated carbocycles. The van der Waals surface area contributed by atoms with E-state index in [2.05, 4.69) is 5.32 Å². The molecule has 124 valence electrons. The number of benzene rings is 2. The highest BCUT2D eigenvalue weighted by Gasteiger charge is 2.34. The number of likely N-dealkylation sites (tertiary alicyclic amines) is 1. The smallest absolute Gasteiger partial charge is 0.229 e. The van der Waals surface area contributed by atoms with Gasteiger partial charge in [-0.25, -0.2) is 0 Å². The molecule has 1 atom stereocenters. The Hall–Kier alpha value is -2.53. The Morgan fingerprint density at radius 3 is 2.50 bits per heavy atom. The molecule has 1 aliphatic heterocycles. The molecule has 0 aliphatic carbocycles. The highest BCUT2D eigenvalue weighted by molar-refractivity contribution is 6.30. The average molecular weight is 345 g/mol. The molecule has 2 N–H and O–H groups in total. The first kappa shape index (κ1) is 16.3. The summed E-state index contributed by atoms with van der Waals surface area (Å²) in [6.07, 6.45) is 0.206. The van der Waals surface area contributed by atoms with Crippen molar-refractivity contribution < 1.29 is 14.7 Å². The lowest BCUT2D eigenvalue weighted by molar-refractivity contribution is -0.128. The van der Waals surface area contributed by atoms with Crippen LogP contribution in [0.5, 0.6) is 5.75 Å². The van der Waals surface area contributed by atoms with E-state index in [4.69, 9.17) is 11.6 Å². The predicted molar refractivity (Wildman–Crippen MR) is 91.7 cm³/mol. The standard InChI is InChI=1S/C18H17ClN2O3/c19-14-3-1-12(2-4-14)10-21-11-13(9-17(21)23)18(24)20-15-5-7-16(22)8-6-15/h1-8,13,22H,9-11H2,(H,20,24)/t13-/m1/s1. The van der Waals surface area contributed by atoms with Gasteiger partial charge in [-0.05, 0) is 42.0 Å². The van der Waals surface area contributed by atoms with Gasteiger partial charge in [0.1, 0.15) is 5.75 Å². The average Bonchev–Trinajstić information content (AvgIpc) is 2.93. The SMILES string of the molecule is O=C(Nc1ccc(O)cc1)[C@@H]1CC(=O)N(Cc2ccc(Cl)cc2)C1. The van der Waals surface area contributed by atoms with E-state index in [9.17, 15) is 14.7 Å². The van der Waals surface area contributed by atoms with Crippen LogP contribution in [0, 0.1) is 5.92 Å². The Morgan fingerprint density at radius 1 is 1.17 bits per heavy atom. The number of phenolic OH excluding ortho intramolecular Hbond substituents is 1. The zero-order valence-electron chi connectivity index (χ0n) is 12.9. The van der Waals surface area contributed by atoms with Crippen LogP contribution in [0.3, 0.4) is 0 Å². The van der Waals surface area contributed by atoms with Gasteiger partial charge in [0.25, 0.3) is 0 Å². The minimum atomic E-state index is -0.376. The highest BCUT2D eigenvalue weighted by atomic mass is 35.5. The lowest BCUT2D eigenvalue weighted by Crippen LogP contribution is -2.28. The molecule has 2 aromatic rings. The van der Waals surface area contributed by atoms with E-state index in [0.29, 0.717) is 23.8 Å². The summed E-state index contributed by atoms with van der Waals surface area (Å²) in [6, 6.07) is 13.6. The van der Waals surface area contributed by atoms with E-state index in [-0.39, 0.29) is 29.9 Å². The summed E-state index contributed by atoms with van der Waals surface area (Å²) in [5.41, 5.74) is 1.58. The van der Waals surface area contributed by atoms with Crippen LogP contribution in [0.1, 0.15) is 12.0 Å². The van der Waals surface area contributed by atoms with Crippen molar-refractivity contribution in [3.8, 4) is 5.75 Å². The van der Waals surface area contributed by atoms with Crippen molar-refractivity contribution in [3.63, 3.8) is 0 Å². The van der Waals surface area contributed by atoms with Gasteiger partial charge in [-0.15, -0.1) is 0 Å². The number of nitrogens with zero attached hydrogens (tertiary/aromatic N) is 1. The van der Waals surface area contributed by atoms with Gasteiger partial charge < -0.3 is 15.3 Å². The number of carbonyl (C=O) groups is 2. The first-order valence-corrected chi connectivity index (χ1v) is 8.01. The van der Waals surface area contributed by atoms with Crippen LogP contribution in [0.4, 0.5) is 5.69 Å². The van der Waals surface area contributed by atoms with Gasteiger partial charge in [0.2, 0.25) is 11.8 Å². The van der Waals surface area contributed by atoms with Crippen molar-refractivity contribution in [1.29, 1.82) is 0 Å². The van der Waals surface area contributed by atoms with E-state index in [1.54, 1.807) is 29.2 Å². The van der Waals surface area contributed by atoms with E-state index >= 15 is 0 Å². The summed E-state index contributed by atoms with van der Waals surface area (Å²) in [6.45, 7) is 0.865. The molecule has 0 radical (unpaired) electrons. The number of halogens is 1. The van der Waals surface area contributed by atoms with E-state index in [0.717, 1.165) is 5.56 Å². The number of hydrogen-bond acceptors (Lipinski definition) is 3. The maximum atomic E-state index is 12.3. The fourth-order valence-corrected chi connectivity index (χ4v) is 2.83. The maximum Gasteiger partial charge on any atom is 0.229 e. The largest absolute Gasteiger partial charge is 0.508 e. The molecule has 1 aliphatic rings. The third-order valence-corrected chi connectivity index (χ3v) is 4.26. The molecule has 0 unspecified atom stereocenters. The number of amides is 2. The normalized spacial score (nSPS) is 17.1. The molecule has 1 fully saturated rings. The van der Waals surface area contributed by atoms with Crippen LogP contribution < -0.4 is 5.32 Å². The number of nitrogens with one attached hydrogen (secondary N) is 1. The van der Waals surface area contributed by atoms with Crippen molar-refractivity contribution in [2.75, 3.05) is 11.9 Å². The minimum Gasteiger partial charge on any atom is -0.508 e. The van der Waals surface area contributed by atoms with Crippen LogP contribution in [-0.4, -0.2) is 28.4 Å². The molecule has 0 bridgehead atoms. The summed E-state index contributed by atoms with van der Waals surface area (Å²) in [5, 5.41) is 12.7. The number of aromatic hydroxyl groups is 1. The Kier molecular flexibility index (Phi) is 4.71. The second kappa shape index (κ2) is 6.93. The molecule has 6 heteroatoms. The first-order valence-electron chi connectivity index (χ1n) is 7.63. The summed E-state index contributed by atoms with van der Waals surface area (Å²) in [4.78, 5) is 26.1. The number of rotatable bonds is 4. The Balaban J connectivity index is 1.60. The van der Waals surface area contributed by atoms with Crippen LogP contribution in [0.2, 0.25) is 5.02 Å². The minimum absolute atomic E-state index is 0.0317. The van der Waals surface area contributed by atoms with E-state index < -0.39 is 0 Å². The Bertz CT molecular complexity index is 744. The van der Waals surface area contributed by atoms with Crippen LogP contribution in [-0.2, 0) is 16.1 Å². The van der Waals surface area contributed by atoms with Crippen LogP contribution in [0.15, 0.2) is 48.5 Å². The summed E-state index contributed by atoms with van der Waals surface area (Å²) >= 11 is 5.86. The number of carbonyl (C=O) groups excluding carboxylic acids is 2. The summed E-state index contributed by atoms with van der Waals surface area (Å²) in [5.74, 6) is -0.458. The van der Waals surface area contributed by atoms with Gasteiger partial charge in [-0.3, -0.25) is 9.59 Å². The lowest BCUT2D eigenvalue weighted by atomic mass is 10.1. The molecule has 3 rings (SSSR count). The topological polar surface area (TPSA) is 69.6 Å². The maximum absolute atomic E-state index is 12.3. The molecular formula is C18H17ClN2O3. The third kappa shape index (κ3) is 3.86. The third-order valence-electron chi connectivity index (χ3n) is 4.01. The molecule has 0 spiro atoms. The molecule has 0 aromatic heterocycles. The molecule has 24 heavy (non-hydrogen) atoms. The van der Waals surface area contributed by atoms with Gasteiger partial charge in [-0.2, -0.15) is 0 Å². The quantitative estimate of drug-likeness (QED) is 0.838. The second-order valence-electron chi connectivity index (χ2n) is 5.84. The van der Waals surface area contributed by atoms with Crippen molar-refractivity contribution in [2.24, 2.45) is 5.92 Å². The van der Waals surface area contributed by atoms with Crippen molar-refractivity contribution >= 4 is 29.1 Å². The van der Waals surface area contributed by atoms with E-state index in [1.807, 2.05) is 12.1 Å². The number of hydrogen-bond donors (Lipinski definition) is 2. The van der Waals surface area contributed by atoms with Crippen molar-refractivity contribution in [3.05, 3.63) is 59.1 Å². The summed E-state index contributed by atoms with van der Waals surface area (Å²) < 4.78 is 0. The van der Waals surface area contributed by atoms with Crippen LogP contribution >= 0.6 is 11.6 Å². The fourth-order valence-electron chi connectivity index (χ4n) is 2.70. The second-order valence-corrected chi connectivity index (χ2v) is 6.27. The zero-order chi connectivity index (χ0) is 17.1. The fraction of sp³-hybridized carbons (Fsp3) is 0.222. The van der Waals surface area contributed by atoms with E-state index in [1.165, 1.54) is 12.1 Å². The van der Waals surface area contributed by atoms with Gasteiger partial charge in [-0.1, -0.05) is 23.7 Å². The predicted octanol–water partition coefficient (Wildman–Crippen LogP) is 3.03. The summed E-state index contributed by atoms with van der Waals surface area (Å²) in [7, 11) is 0. The lowest BCUT2D eigenvalue weighted by Gasteiger charge is -2.16. The van der Waals surface area contributed by atoms with Gasteiger partial charge in [0.15, 0.2) is 0 Å². The molecule has 2 amide bonds.